The molecule has 1 aliphatic carbocycles. The van der Waals surface area contributed by atoms with Gasteiger partial charge in [0.1, 0.15) is 12.1 Å². The van der Waals surface area contributed by atoms with Crippen LogP contribution in [-0.4, -0.2) is 38.9 Å². The van der Waals surface area contributed by atoms with Crippen LogP contribution >= 0.6 is 0 Å². The van der Waals surface area contributed by atoms with Crippen LogP contribution in [0.15, 0.2) is 38.4 Å². The summed E-state index contributed by atoms with van der Waals surface area (Å²) < 4.78 is 34.3. The normalized spacial score (nSPS) is 17.4. The molecular formula is C27H33N2O4S+. The third-order valence-electron chi connectivity index (χ3n) is 7.81. The summed E-state index contributed by atoms with van der Waals surface area (Å²) in [4.78, 5) is 14.0. The molecule has 1 aliphatic heterocycles. The summed E-state index contributed by atoms with van der Waals surface area (Å²) >= 11 is 0. The third kappa shape index (κ3) is 4.00. The molecule has 0 unspecified atom stereocenters. The fourth-order valence-corrected chi connectivity index (χ4v) is 7.64. The van der Waals surface area contributed by atoms with Crippen molar-refractivity contribution in [1.29, 1.82) is 0 Å². The molecule has 0 bridgehead atoms. The van der Waals surface area contributed by atoms with Crippen molar-refractivity contribution in [1.82, 2.24) is 4.31 Å². The highest BCUT2D eigenvalue weighted by molar-refractivity contribution is 7.89. The topological polar surface area (TPSA) is 72.0 Å². The predicted molar refractivity (Wildman–Crippen MR) is 133 cm³/mol. The zero-order valence-corrected chi connectivity index (χ0v) is 21.3. The molecule has 0 atom stereocenters. The molecule has 0 saturated carbocycles. The summed E-state index contributed by atoms with van der Waals surface area (Å²) in [6.07, 6.45) is 3.26. The third-order valence-corrected chi connectivity index (χ3v) is 9.98. The van der Waals surface area contributed by atoms with Crippen LogP contribution in [0.3, 0.4) is 0 Å². The van der Waals surface area contributed by atoms with Crippen molar-refractivity contribution in [2.45, 2.75) is 58.4 Å². The van der Waals surface area contributed by atoms with Crippen molar-refractivity contribution in [2.75, 3.05) is 26.2 Å². The van der Waals surface area contributed by atoms with Gasteiger partial charge in [0.15, 0.2) is 0 Å². The van der Waals surface area contributed by atoms with Crippen molar-refractivity contribution in [3.63, 3.8) is 0 Å². The number of piperazine rings is 1. The van der Waals surface area contributed by atoms with E-state index in [1.807, 2.05) is 33.8 Å². The second kappa shape index (κ2) is 8.63. The SMILES string of the molecule is Cc1cc(C)c(C)c(S(=O)(=O)N2CC[NH+](Cc3cc(=O)oc4cc5c(cc34)CCC5)CC2)c1C. The number of nitrogens with zero attached hydrogens (tertiary/aromatic N) is 1. The van der Waals surface area contributed by atoms with Crippen LogP contribution in [0.5, 0.6) is 0 Å². The molecule has 2 aliphatic rings. The molecule has 2 aromatic carbocycles. The van der Waals surface area contributed by atoms with Gasteiger partial charge in [0.25, 0.3) is 0 Å². The predicted octanol–water partition coefficient (Wildman–Crippen LogP) is 2.60. The fraction of sp³-hybridized carbons (Fsp3) is 0.444. The minimum Gasteiger partial charge on any atom is -0.423 e. The van der Waals surface area contributed by atoms with Crippen LogP contribution in [0.2, 0.25) is 0 Å². The van der Waals surface area contributed by atoms with Crippen molar-refractivity contribution < 1.29 is 17.7 Å². The summed E-state index contributed by atoms with van der Waals surface area (Å²) in [5.41, 5.74) is 7.68. The van der Waals surface area contributed by atoms with E-state index in [4.69, 9.17) is 4.42 Å². The Kier molecular flexibility index (Phi) is 5.91. The van der Waals surface area contributed by atoms with E-state index >= 15 is 0 Å². The van der Waals surface area contributed by atoms with Crippen LogP contribution in [0, 0.1) is 27.7 Å². The number of quaternary nitrogens is 1. The van der Waals surface area contributed by atoms with Crippen molar-refractivity contribution in [2.24, 2.45) is 0 Å². The molecule has 1 fully saturated rings. The van der Waals surface area contributed by atoms with Gasteiger partial charge in [-0.25, -0.2) is 13.2 Å². The van der Waals surface area contributed by atoms with Gasteiger partial charge in [-0.05, 0) is 92.5 Å². The first-order valence-electron chi connectivity index (χ1n) is 12.1. The Hall–Kier alpha value is -2.48. The van der Waals surface area contributed by atoms with Gasteiger partial charge in [0, 0.05) is 17.0 Å². The average Bonchev–Trinajstić information content (AvgIpc) is 3.24. The first kappa shape index (κ1) is 23.3. The maximum absolute atomic E-state index is 13.6. The molecule has 1 N–H and O–H groups in total. The van der Waals surface area contributed by atoms with Gasteiger partial charge in [-0.3, -0.25) is 0 Å². The molecule has 5 rings (SSSR count). The van der Waals surface area contributed by atoms with Crippen LogP contribution in [0.4, 0.5) is 0 Å². The second-order valence-corrected chi connectivity index (χ2v) is 11.9. The van der Waals surface area contributed by atoms with E-state index < -0.39 is 10.0 Å². The molecule has 3 aromatic rings. The van der Waals surface area contributed by atoms with E-state index in [-0.39, 0.29) is 5.63 Å². The number of nitrogens with one attached hydrogen (secondary N) is 1. The van der Waals surface area contributed by atoms with Crippen LogP contribution in [0.25, 0.3) is 11.0 Å². The molecule has 180 valence electrons. The molecule has 34 heavy (non-hydrogen) atoms. The number of sulfonamides is 1. The maximum atomic E-state index is 13.6. The standard InChI is InChI=1S/C27H32N2O4S/c1-17-12-18(2)20(4)27(19(17)3)34(31,32)29-10-8-28(9-11-29)16-23-15-26(30)33-25-14-22-7-5-6-21(22)13-24(23)25/h12-15H,5-11,16H2,1-4H3/p+1. The Morgan fingerprint density at radius 3 is 2.18 bits per heavy atom. The Morgan fingerprint density at radius 2 is 1.53 bits per heavy atom. The molecule has 1 aromatic heterocycles. The monoisotopic (exact) mass is 481 g/mol. The zero-order valence-electron chi connectivity index (χ0n) is 20.5. The number of rotatable bonds is 4. The molecule has 0 spiro atoms. The lowest BCUT2D eigenvalue weighted by Crippen LogP contribution is -3.13. The zero-order chi connectivity index (χ0) is 24.2. The van der Waals surface area contributed by atoms with E-state index in [0.29, 0.717) is 43.2 Å². The number of fused-ring (bicyclic) bond motifs is 2. The highest BCUT2D eigenvalue weighted by atomic mass is 32.2. The van der Waals surface area contributed by atoms with Gasteiger partial charge in [-0.2, -0.15) is 4.31 Å². The molecule has 7 heteroatoms. The van der Waals surface area contributed by atoms with Gasteiger partial charge in [-0.1, -0.05) is 6.07 Å². The van der Waals surface area contributed by atoms with Crippen molar-refractivity contribution >= 4 is 21.0 Å². The molecule has 2 heterocycles. The second-order valence-electron chi connectivity index (χ2n) is 9.98. The minimum atomic E-state index is -3.56. The lowest BCUT2D eigenvalue weighted by atomic mass is 10.0. The summed E-state index contributed by atoms with van der Waals surface area (Å²) in [6.45, 7) is 10.8. The number of benzene rings is 2. The fourth-order valence-electron chi connectivity index (χ4n) is 5.63. The van der Waals surface area contributed by atoms with Crippen molar-refractivity contribution in [3.05, 3.63) is 73.6 Å². The first-order chi connectivity index (χ1) is 16.1. The van der Waals surface area contributed by atoms with Gasteiger partial charge in [-0.15, -0.1) is 0 Å². The maximum Gasteiger partial charge on any atom is 0.336 e. The Balaban J connectivity index is 1.37. The summed E-state index contributed by atoms with van der Waals surface area (Å²) in [5, 5.41) is 1.02. The quantitative estimate of drug-likeness (QED) is 0.582. The lowest BCUT2D eigenvalue weighted by molar-refractivity contribution is -0.917. The van der Waals surface area contributed by atoms with E-state index in [9.17, 15) is 13.2 Å². The van der Waals surface area contributed by atoms with Crippen LogP contribution < -0.4 is 10.5 Å². The van der Waals surface area contributed by atoms with Crippen LogP contribution in [0.1, 0.15) is 45.4 Å². The van der Waals surface area contributed by atoms with Crippen LogP contribution in [-0.2, 0) is 29.4 Å². The Labute approximate surface area is 201 Å². The highest BCUT2D eigenvalue weighted by Crippen LogP contribution is 2.30. The molecule has 0 radical (unpaired) electrons. The van der Waals surface area contributed by atoms with Gasteiger partial charge in [0.05, 0.1) is 31.1 Å². The Morgan fingerprint density at radius 1 is 0.912 bits per heavy atom. The largest absolute Gasteiger partial charge is 0.423 e. The molecule has 1 saturated heterocycles. The number of aryl methyl sites for hydroxylation is 4. The Bertz CT molecular complexity index is 1420. The number of hydrogen-bond acceptors (Lipinski definition) is 4. The summed E-state index contributed by atoms with van der Waals surface area (Å²) in [5.74, 6) is 0. The minimum absolute atomic E-state index is 0.318. The molecule has 0 amide bonds. The molecule has 6 nitrogen and oxygen atoms in total. The summed E-state index contributed by atoms with van der Waals surface area (Å²) in [7, 11) is -3.56. The smallest absolute Gasteiger partial charge is 0.336 e. The van der Waals surface area contributed by atoms with Crippen molar-refractivity contribution in [3.8, 4) is 0 Å². The van der Waals surface area contributed by atoms with E-state index in [1.165, 1.54) is 16.0 Å². The van der Waals surface area contributed by atoms with E-state index in [2.05, 4.69) is 12.1 Å². The first-order valence-corrected chi connectivity index (χ1v) is 13.6. The molecular weight excluding hydrogens is 448 g/mol. The van der Waals surface area contributed by atoms with Gasteiger partial charge < -0.3 is 9.32 Å². The summed E-state index contributed by atoms with van der Waals surface area (Å²) in [6, 6.07) is 7.91. The highest BCUT2D eigenvalue weighted by Gasteiger charge is 2.33. The van der Waals surface area contributed by atoms with Gasteiger partial charge in [0.2, 0.25) is 10.0 Å². The number of hydrogen-bond donors (Lipinski definition) is 1. The van der Waals surface area contributed by atoms with Gasteiger partial charge >= 0.3 is 5.63 Å². The lowest BCUT2D eigenvalue weighted by Gasteiger charge is -2.32. The van der Waals surface area contributed by atoms with E-state index in [1.54, 1.807) is 10.4 Å². The average molecular weight is 482 g/mol. The van der Waals surface area contributed by atoms with E-state index in [0.717, 1.165) is 52.5 Å².